The van der Waals surface area contributed by atoms with Gasteiger partial charge in [-0.05, 0) is 40.4 Å². The number of carbonyl (C=O) groups excluding carboxylic acids is 2. The minimum absolute atomic E-state index is 0.0481. The second-order valence-corrected chi connectivity index (χ2v) is 5.44. The number of amides is 1. The summed E-state index contributed by atoms with van der Waals surface area (Å²) in [5.41, 5.74) is 0. The summed E-state index contributed by atoms with van der Waals surface area (Å²) in [6.45, 7) is 15.9. The van der Waals surface area contributed by atoms with Gasteiger partial charge < -0.3 is 25.1 Å². The Morgan fingerprint density at radius 1 is 1.24 bits per heavy atom. The highest BCUT2D eigenvalue weighted by molar-refractivity contribution is 5.72. The van der Waals surface area contributed by atoms with Gasteiger partial charge in [-0.1, -0.05) is 27.7 Å². The third kappa shape index (κ3) is 21.0. The summed E-state index contributed by atoms with van der Waals surface area (Å²) in [4.78, 5) is 21.6. The van der Waals surface area contributed by atoms with Crippen LogP contribution < -0.4 is 10.6 Å². The van der Waals surface area contributed by atoms with Crippen LogP contribution in [0.15, 0.2) is 0 Å². The highest BCUT2D eigenvalue weighted by atomic mass is 16.5. The van der Waals surface area contributed by atoms with Crippen LogP contribution in [0.4, 0.5) is 0 Å². The van der Waals surface area contributed by atoms with Crippen molar-refractivity contribution in [3.8, 4) is 0 Å². The van der Waals surface area contributed by atoms with E-state index in [-0.39, 0.29) is 5.91 Å². The molecule has 152 valence electrons. The fourth-order valence-corrected chi connectivity index (χ4v) is 2.20. The van der Waals surface area contributed by atoms with Crippen LogP contribution in [-0.4, -0.2) is 70.1 Å². The molecule has 0 aliphatic carbocycles. The smallest absolute Gasteiger partial charge is 0.216 e. The number of nitrogens with zero attached hydrogens (tertiary/aromatic N) is 1. The zero-order valence-electron chi connectivity index (χ0n) is 17.9. The first-order chi connectivity index (χ1) is 12.0. The molecule has 2 atom stereocenters. The zero-order valence-corrected chi connectivity index (χ0v) is 17.9. The lowest BCUT2D eigenvalue weighted by Gasteiger charge is -2.07. The van der Waals surface area contributed by atoms with Gasteiger partial charge in [0.15, 0.2) is 0 Å². The summed E-state index contributed by atoms with van der Waals surface area (Å²) in [7, 11) is 4.20. The molecular formula is C19H43N3O3. The van der Waals surface area contributed by atoms with Crippen LogP contribution in [0.3, 0.4) is 0 Å². The van der Waals surface area contributed by atoms with E-state index in [0.29, 0.717) is 5.92 Å². The highest BCUT2D eigenvalue weighted by Crippen LogP contribution is 2.10. The van der Waals surface area contributed by atoms with Crippen LogP contribution in [0.25, 0.3) is 0 Å². The predicted molar refractivity (Wildman–Crippen MR) is 107 cm³/mol. The Bertz CT molecular complexity index is 283. The van der Waals surface area contributed by atoms with Crippen molar-refractivity contribution in [3.05, 3.63) is 0 Å². The van der Waals surface area contributed by atoms with E-state index < -0.39 is 0 Å². The van der Waals surface area contributed by atoms with E-state index in [9.17, 15) is 4.79 Å². The van der Waals surface area contributed by atoms with Crippen LogP contribution in [0, 0.1) is 5.92 Å². The maximum absolute atomic E-state index is 10.4. The molecule has 1 amide bonds. The van der Waals surface area contributed by atoms with Gasteiger partial charge in [-0.3, -0.25) is 4.79 Å². The van der Waals surface area contributed by atoms with Crippen LogP contribution in [0.1, 0.15) is 54.4 Å². The van der Waals surface area contributed by atoms with E-state index in [1.807, 2.05) is 34.7 Å². The Hall–Kier alpha value is -0.980. The zero-order chi connectivity index (χ0) is 20.1. The molecule has 0 saturated carbocycles. The molecule has 2 fully saturated rings. The van der Waals surface area contributed by atoms with Gasteiger partial charge in [-0.25, -0.2) is 0 Å². The molecule has 2 saturated heterocycles. The van der Waals surface area contributed by atoms with Crippen molar-refractivity contribution in [1.82, 2.24) is 15.5 Å². The monoisotopic (exact) mass is 361 g/mol. The Morgan fingerprint density at radius 2 is 1.80 bits per heavy atom. The Kier molecular flexibility index (Phi) is 26.5. The predicted octanol–water partition coefficient (Wildman–Crippen LogP) is 2.33. The maximum Gasteiger partial charge on any atom is 0.216 e. The molecule has 0 bridgehead atoms. The summed E-state index contributed by atoms with van der Waals surface area (Å²) in [5.74, 6) is 0.593. The van der Waals surface area contributed by atoms with Crippen molar-refractivity contribution in [2.75, 3.05) is 46.9 Å². The standard InChI is InChI=1S/C7H13NO2.C6H14N2.C2H4O.2C2H6/c1-6(9)8-4-7-2-3-10-5-7;1-7-6-3-4-8(2)5-6;1-2-3;2*1-2/h7H,2-5H2,1H3,(H,8,9);6-7H,3-5H2,1-2H3;2H,1H3;2*1-2H3. The van der Waals surface area contributed by atoms with Gasteiger partial charge in [0, 0.05) is 38.6 Å². The van der Waals surface area contributed by atoms with E-state index in [2.05, 4.69) is 22.6 Å². The molecule has 25 heavy (non-hydrogen) atoms. The third-order valence-corrected chi connectivity index (χ3v) is 3.46. The molecule has 2 heterocycles. The van der Waals surface area contributed by atoms with Gasteiger partial charge in [0.1, 0.15) is 6.29 Å². The third-order valence-electron chi connectivity index (χ3n) is 3.46. The summed E-state index contributed by atoms with van der Waals surface area (Å²) in [6, 6.07) is 0.750. The molecule has 0 aromatic rings. The number of aldehydes is 1. The SMILES string of the molecule is CC.CC.CC(=O)NCC1CCOC1.CC=O.CNC1CCN(C)C1. The lowest BCUT2D eigenvalue weighted by molar-refractivity contribution is -0.119. The molecule has 0 spiro atoms. The first kappa shape index (κ1) is 28.8. The van der Waals surface area contributed by atoms with Crippen LogP contribution in [0.2, 0.25) is 0 Å². The molecule has 2 rings (SSSR count). The van der Waals surface area contributed by atoms with Crippen LogP contribution >= 0.6 is 0 Å². The van der Waals surface area contributed by atoms with E-state index in [0.717, 1.165) is 38.5 Å². The van der Waals surface area contributed by atoms with E-state index in [4.69, 9.17) is 9.53 Å². The molecule has 0 aromatic carbocycles. The number of nitrogens with one attached hydrogen (secondary N) is 2. The van der Waals surface area contributed by atoms with Gasteiger partial charge in [-0.2, -0.15) is 0 Å². The molecule has 2 aliphatic heterocycles. The molecule has 6 heteroatoms. The summed E-state index contributed by atoms with van der Waals surface area (Å²) < 4.78 is 5.14. The van der Waals surface area contributed by atoms with E-state index >= 15 is 0 Å². The molecular weight excluding hydrogens is 318 g/mol. The minimum atomic E-state index is 0.0481. The molecule has 2 N–H and O–H groups in total. The maximum atomic E-state index is 10.4. The summed E-state index contributed by atoms with van der Waals surface area (Å²) in [6.07, 6.45) is 3.15. The lowest BCUT2D eigenvalue weighted by Crippen LogP contribution is -2.27. The second-order valence-electron chi connectivity index (χ2n) is 5.44. The first-order valence-corrected chi connectivity index (χ1v) is 9.61. The number of likely N-dealkylation sites (tertiary alicyclic amines) is 1. The molecule has 2 unspecified atom stereocenters. The second kappa shape index (κ2) is 23.0. The van der Waals surface area contributed by atoms with E-state index in [1.165, 1.54) is 33.4 Å². The number of rotatable bonds is 3. The molecule has 0 aromatic heterocycles. The number of likely N-dealkylation sites (N-methyl/N-ethyl adjacent to an activating group) is 2. The first-order valence-electron chi connectivity index (χ1n) is 9.61. The van der Waals surface area contributed by atoms with Crippen molar-refractivity contribution in [2.24, 2.45) is 5.92 Å². The average molecular weight is 362 g/mol. The van der Waals surface area contributed by atoms with Gasteiger partial charge in [0.25, 0.3) is 0 Å². The number of ether oxygens (including phenoxy) is 1. The largest absolute Gasteiger partial charge is 0.381 e. The normalized spacial score (nSPS) is 21.0. The Balaban J connectivity index is -0.000000289. The van der Waals surface area contributed by atoms with Crippen LogP contribution in [0.5, 0.6) is 0 Å². The minimum Gasteiger partial charge on any atom is -0.381 e. The Labute approximate surface area is 156 Å². The van der Waals surface area contributed by atoms with E-state index in [1.54, 1.807) is 0 Å². The van der Waals surface area contributed by atoms with Crippen molar-refractivity contribution in [1.29, 1.82) is 0 Å². The fourth-order valence-electron chi connectivity index (χ4n) is 2.20. The average Bonchev–Trinajstić information content (AvgIpc) is 3.29. The van der Waals surface area contributed by atoms with Crippen molar-refractivity contribution < 1.29 is 14.3 Å². The summed E-state index contributed by atoms with van der Waals surface area (Å²) in [5, 5.41) is 6.02. The number of carbonyl (C=O) groups is 2. The van der Waals surface area contributed by atoms with Gasteiger partial charge in [0.2, 0.25) is 5.91 Å². The summed E-state index contributed by atoms with van der Waals surface area (Å²) >= 11 is 0. The topological polar surface area (TPSA) is 70.7 Å². The number of hydrogen-bond acceptors (Lipinski definition) is 5. The van der Waals surface area contributed by atoms with Crippen LogP contribution in [-0.2, 0) is 14.3 Å². The Morgan fingerprint density at radius 3 is 2.08 bits per heavy atom. The van der Waals surface area contributed by atoms with Gasteiger partial charge in [0.05, 0.1) is 6.61 Å². The molecule has 2 aliphatic rings. The molecule has 6 nitrogen and oxygen atoms in total. The molecule has 0 radical (unpaired) electrons. The van der Waals surface area contributed by atoms with Gasteiger partial charge >= 0.3 is 0 Å². The number of hydrogen-bond donors (Lipinski definition) is 2. The van der Waals surface area contributed by atoms with Crippen molar-refractivity contribution >= 4 is 12.2 Å². The highest BCUT2D eigenvalue weighted by Gasteiger charge is 2.16. The fraction of sp³-hybridized carbons (Fsp3) is 0.895. The lowest BCUT2D eigenvalue weighted by atomic mass is 10.1. The van der Waals surface area contributed by atoms with Gasteiger partial charge in [-0.15, -0.1) is 0 Å². The van der Waals surface area contributed by atoms with Crippen molar-refractivity contribution in [2.45, 2.75) is 60.4 Å². The quantitative estimate of drug-likeness (QED) is 0.755. The van der Waals surface area contributed by atoms with Crippen molar-refractivity contribution in [3.63, 3.8) is 0 Å².